The third-order valence-electron chi connectivity index (χ3n) is 3.49. The van der Waals surface area contributed by atoms with Crippen LogP contribution in [0.5, 0.6) is 0 Å². The Labute approximate surface area is 180 Å². The van der Waals surface area contributed by atoms with E-state index < -0.39 is 49.6 Å². The third-order valence-corrected chi connectivity index (χ3v) is 5.15. The van der Waals surface area contributed by atoms with E-state index in [1.165, 1.54) is 20.0 Å². The van der Waals surface area contributed by atoms with Gasteiger partial charge in [-0.3, -0.25) is 0 Å². The van der Waals surface area contributed by atoms with Crippen molar-refractivity contribution in [3.8, 4) is 11.8 Å². The molecule has 1 heterocycles. The van der Waals surface area contributed by atoms with E-state index in [-0.39, 0.29) is 16.5 Å². The van der Waals surface area contributed by atoms with Gasteiger partial charge >= 0.3 is 11.7 Å². The summed E-state index contributed by atoms with van der Waals surface area (Å²) in [4.78, 5) is 0.610. The molecule has 0 saturated heterocycles. The molecular weight excluding hydrogens is 485 g/mol. The van der Waals surface area contributed by atoms with Crippen molar-refractivity contribution in [2.24, 2.45) is 0 Å². The van der Waals surface area contributed by atoms with Crippen LogP contribution in [0, 0.1) is 11.3 Å². The van der Waals surface area contributed by atoms with E-state index in [9.17, 15) is 31.6 Å². The SMILES string of the molecule is CC(=S)N(C)c1c(SC(F)(F)F)c(C#N)nn1-c1c(Cl)cc(C(F)(F)F)cc1Cl. The van der Waals surface area contributed by atoms with Gasteiger partial charge in [0.2, 0.25) is 0 Å². The summed E-state index contributed by atoms with van der Waals surface area (Å²) >= 11 is 16.3. The summed E-state index contributed by atoms with van der Waals surface area (Å²) in [5, 5.41) is 12.0. The molecule has 0 atom stereocenters. The van der Waals surface area contributed by atoms with E-state index in [4.69, 9.17) is 35.4 Å². The first-order valence-corrected chi connectivity index (χ1v) is 9.25. The molecule has 1 aromatic carbocycles. The molecule has 0 N–H and O–H groups in total. The Morgan fingerprint density at radius 1 is 1.21 bits per heavy atom. The molecule has 0 aliphatic carbocycles. The summed E-state index contributed by atoms with van der Waals surface area (Å²) in [5.74, 6) is -0.320. The number of anilines is 1. The van der Waals surface area contributed by atoms with E-state index in [0.29, 0.717) is 12.1 Å². The number of halogens is 8. The van der Waals surface area contributed by atoms with Crippen molar-refractivity contribution in [2.45, 2.75) is 23.5 Å². The fraction of sp³-hybridized carbons (Fsp3) is 0.267. The van der Waals surface area contributed by atoms with Crippen LogP contribution in [0.25, 0.3) is 5.69 Å². The maximum absolute atomic E-state index is 13.0. The molecule has 1 aromatic heterocycles. The number of alkyl halides is 6. The second-order valence-electron chi connectivity index (χ2n) is 5.44. The van der Waals surface area contributed by atoms with Crippen LogP contribution in [0.1, 0.15) is 18.2 Å². The maximum Gasteiger partial charge on any atom is 0.446 e. The van der Waals surface area contributed by atoms with Gasteiger partial charge in [-0.15, -0.1) is 0 Å². The quantitative estimate of drug-likeness (QED) is 0.279. The molecule has 156 valence electrons. The summed E-state index contributed by atoms with van der Waals surface area (Å²) in [7, 11) is 1.31. The molecule has 0 amide bonds. The first kappa shape index (κ1) is 23.6. The smallest absolute Gasteiger partial charge is 0.323 e. The van der Waals surface area contributed by atoms with Crippen molar-refractivity contribution >= 4 is 58.0 Å². The highest BCUT2D eigenvalue weighted by atomic mass is 35.5. The molecule has 29 heavy (non-hydrogen) atoms. The number of hydrogen-bond donors (Lipinski definition) is 0. The molecule has 4 nitrogen and oxygen atoms in total. The lowest BCUT2D eigenvalue weighted by molar-refractivity contribution is -0.137. The lowest BCUT2D eigenvalue weighted by Crippen LogP contribution is -2.25. The Bertz CT molecular complexity index is 987. The summed E-state index contributed by atoms with van der Waals surface area (Å²) < 4.78 is 78.8. The Morgan fingerprint density at radius 3 is 2.10 bits per heavy atom. The Balaban J connectivity index is 2.87. The molecule has 0 fully saturated rings. The summed E-state index contributed by atoms with van der Waals surface area (Å²) in [6.07, 6.45) is -4.75. The average Bonchev–Trinajstić information content (AvgIpc) is 2.88. The number of thioether (sulfide) groups is 1. The second kappa shape index (κ2) is 8.22. The number of rotatable bonds is 3. The average molecular weight is 493 g/mol. The van der Waals surface area contributed by atoms with Crippen LogP contribution in [0.4, 0.5) is 32.2 Å². The van der Waals surface area contributed by atoms with Crippen molar-refractivity contribution in [3.63, 3.8) is 0 Å². The van der Waals surface area contributed by atoms with E-state index in [1.54, 1.807) is 0 Å². The Hall–Kier alpha value is -1.68. The van der Waals surface area contributed by atoms with Crippen molar-refractivity contribution in [2.75, 3.05) is 11.9 Å². The van der Waals surface area contributed by atoms with Crippen LogP contribution in [-0.4, -0.2) is 27.3 Å². The molecule has 0 unspecified atom stereocenters. The number of aromatic nitrogens is 2. The van der Waals surface area contributed by atoms with Crippen molar-refractivity contribution in [1.82, 2.24) is 9.78 Å². The number of thiocarbonyl (C=S) groups is 1. The van der Waals surface area contributed by atoms with Crippen LogP contribution in [-0.2, 0) is 6.18 Å². The summed E-state index contributed by atoms with van der Waals surface area (Å²) in [6, 6.07) is 2.64. The molecule has 0 spiro atoms. The fourth-order valence-electron chi connectivity index (χ4n) is 2.21. The van der Waals surface area contributed by atoms with Gasteiger partial charge in [0, 0.05) is 7.05 Å². The van der Waals surface area contributed by atoms with E-state index in [2.05, 4.69) is 5.10 Å². The second-order valence-corrected chi connectivity index (χ2v) is 7.92. The van der Waals surface area contributed by atoms with Gasteiger partial charge in [0.15, 0.2) is 11.5 Å². The highest BCUT2D eigenvalue weighted by Crippen LogP contribution is 2.46. The minimum absolute atomic E-state index is 0.0961. The number of nitriles is 1. The zero-order chi connectivity index (χ0) is 22.3. The predicted molar refractivity (Wildman–Crippen MR) is 102 cm³/mol. The largest absolute Gasteiger partial charge is 0.446 e. The predicted octanol–water partition coefficient (Wildman–Crippen LogP) is 6.46. The van der Waals surface area contributed by atoms with Gasteiger partial charge in [0.1, 0.15) is 11.8 Å². The van der Waals surface area contributed by atoms with Gasteiger partial charge in [-0.1, -0.05) is 35.4 Å². The lowest BCUT2D eigenvalue weighted by Gasteiger charge is -2.22. The third kappa shape index (κ3) is 5.09. The minimum Gasteiger partial charge on any atom is -0.323 e. The highest BCUT2D eigenvalue weighted by molar-refractivity contribution is 8.00. The number of benzene rings is 1. The zero-order valence-electron chi connectivity index (χ0n) is 14.3. The zero-order valence-corrected chi connectivity index (χ0v) is 17.4. The summed E-state index contributed by atoms with van der Waals surface area (Å²) in [6.45, 7) is 1.40. The first-order valence-electron chi connectivity index (χ1n) is 7.27. The standard InChI is InChI=1S/C15H8Cl2F6N4S2/c1-6(28)26(2)13-12(29-15(21,22)23)10(5-24)25-27(13)11-8(16)3-7(4-9(11)17)14(18,19)20/h3-4H,1-2H3. The first-order chi connectivity index (χ1) is 13.2. The Morgan fingerprint density at radius 2 is 1.72 bits per heavy atom. The van der Waals surface area contributed by atoms with Crippen molar-refractivity contribution < 1.29 is 26.3 Å². The topological polar surface area (TPSA) is 44.9 Å². The van der Waals surface area contributed by atoms with Crippen molar-refractivity contribution in [1.29, 1.82) is 5.26 Å². The molecule has 0 aliphatic heterocycles. The molecule has 2 aromatic rings. The maximum atomic E-state index is 13.0. The Kier molecular flexibility index (Phi) is 6.69. The monoisotopic (exact) mass is 492 g/mol. The molecule has 0 saturated carbocycles. The van der Waals surface area contributed by atoms with Gasteiger partial charge in [-0.2, -0.15) is 36.7 Å². The van der Waals surface area contributed by atoms with E-state index in [0.717, 1.165) is 9.58 Å². The molecule has 0 bridgehead atoms. The molecule has 0 radical (unpaired) electrons. The van der Waals surface area contributed by atoms with Gasteiger partial charge in [0.05, 0.1) is 25.5 Å². The summed E-state index contributed by atoms with van der Waals surface area (Å²) in [5.41, 5.74) is -6.89. The molecule has 14 heteroatoms. The van der Waals surface area contributed by atoms with E-state index >= 15 is 0 Å². The highest BCUT2D eigenvalue weighted by Gasteiger charge is 2.37. The van der Waals surface area contributed by atoms with Crippen LogP contribution in [0.3, 0.4) is 0 Å². The molecular formula is C15H8Cl2F6N4S2. The van der Waals surface area contributed by atoms with Crippen LogP contribution in [0.15, 0.2) is 17.0 Å². The molecule has 0 aliphatic rings. The minimum atomic E-state index is -4.78. The molecule has 2 rings (SSSR count). The van der Waals surface area contributed by atoms with Crippen LogP contribution >= 0.6 is 47.2 Å². The fourth-order valence-corrected chi connectivity index (χ4v) is 3.67. The van der Waals surface area contributed by atoms with Gasteiger partial charge < -0.3 is 4.90 Å². The van der Waals surface area contributed by atoms with Gasteiger partial charge in [-0.05, 0) is 30.8 Å². The normalized spacial score (nSPS) is 12.0. The van der Waals surface area contributed by atoms with Gasteiger partial charge in [-0.25, -0.2) is 4.68 Å². The lowest BCUT2D eigenvalue weighted by atomic mass is 10.2. The van der Waals surface area contributed by atoms with Crippen LogP contribution < -0.4 is 4.90 Å². The number of hydrogen-bond acceptors (Lipinski definition) is 4. The van der Waals surface area contributed by atoms with Crippen molar-refractivity contribution in [3.05, 3.63) is 33.4 Å². The van der Waals surface area contributed by atoms with Gasteiger partial charge in [0.25, 0.3) is 0 Å². The van der Waals surface area contributed by atoms with Crippen LogP contribution in [0.2, 0.25) is 10.0 Å². The van der Waals surface area contributed by atoms with E-state index in [1.807, 2.05) is 0 Å². The number of nitrogens with zero attached hydrogens (tertiary/aromatic N) is 4.